The molecule has 2 aliphatic rings. The van der Waals surface area contributed by atoms with E-state index < -0.39 is 47.3 Å². The zero-order valence-electron chi connectivity index (χ0n) is 18.8. The molecular weight excluding hydrogens is 542 g/mol. The molecule has 3 heterocycles. The van der Waals surface area contributed by atoms with Crippen LogP contribution in [0, 0.1) is 5.92 Å². The fraction of sp³-hybridized carbons (Fsp3) is 0.208. The molecule has 0 spiro atoms. The van der Waals surface area contributed by atoms with Crippen molar-refractivity contribution in [2.75, 3.05) is 18.5 Å². The Morgan fingerprint density at radius 3 is 2.54 bits per heavy atom. The van der Waals surface area contributed by atoms with Crippen molar-refractivity contribution < 1.29 is 29.0 Å². The summed E-state index contributed by atoms with van der Waals surface area (Å²) in [5.74, 6) is -4.38. The summed E-state index contributed by atoms with van der Waals surface area (Å²) in [4.78, 5) is 66.0. The Bertz CT molecular complexity index is 1470. The highest BCUT2D eigenvalue weighted by Crippen LogP contribution is 2.53. The number of hydrogen-bond donors (Lipinski definition) is 3. The number of hydrogen-bond acceptors (Lipinski definition) is 8. The van der Waals surface area contributed by atoms with Gasteiger partial charge in [-0.05, 0) is 30.3 Å². The van der Waals surface area contributed by atoms with Gasteiger partial charge in [-0.2, -0.15) is 0 Å². The van der Waals surface area contributed by atoms with E-state index in [0.29, 0.717) is 31.9 Å². The molecule has 5 rings (SSSR count). The molecule has 0 saturated carbocycles. The van der Waals surface area contributed by atoms with Crippen molar-refractivity contribution >= 4 is 64.1 Å². The highest BCUT2D eigenvalue weighted by atomic mass is 35.5. The van der Waals surface area contributed by atoms with Crippen LogP contribution in [-0.4, -0.2) is 57.1 Å². The topological polar surface area (TPSA) is 146 Å². The summed E-state index contributed by atoms with van der Waals surface area (Å²) < 4.78 is 5.84. The molecule has 2 aromatic carbocycles. The number of amides is 3. The van der Waals surface area contributed by atoms with Crippen molar-refractivity contribution in [1.82, 2.24) is 9.88 Å². The van der Waals surface area contributed by atoms with E-state index in [-0.39, 0.29) is 11.5 Å². The highest BCUT2D eigenvalue weighted by molar-refractivity contribution is 8.00. The lowest BCUT2D eigenvalue weighted by Crippen LogP contribution is -2.36. The molecule has 3 N–H and O–H groups in total. The maximum Gasteiger partial charge on any atom is 0.323 e. The first kappa shape index (κ1) is 25.1. The van der Waals surface area contributed by atoms with E-state index in [1.807, 2.05) is 0 Å². The number of carbonyl (C=O) groups is 4. The summed E-state index contributed by atoms with van der Waals surface area (Å²) >= 11 is 7.84. The number of imide groups is 1. The van der Waals surface area contributed by atoms with E-state index in [1.165, 1.54) is 0 Å². The zero-order chi connectivity index (χ0) is 26.3. The standard InChI is InChI=1S/C24H18ClN3O7S2/c25-11-5-7-12(8-6-11)26-15(29)10-35-14-4-2-1-3-13(14)17-18-20(36-21-19(17)37-24(34)27-21)23(33)28(22(18)32)9-16(30)31/h1-8,17-18,20H,9-10H2,(H,26,29)(H,27,34)(H,30,31)/t17-,18?,20?/m0/s1. The van der Waals surface area contributed by atoms with Crippen molar-refractivity contribution in [2.45, 2.75) is 16.2 Å². The predicted molar refractivity (Wildman–Crippen MR) is 136 cm³/mol. The third-order valence-electron chi connectivity index (χ3n) is 5.95. The Balaban J connectivity index is 1.46. The van der Waals surface area contributed by atoms with Gasteiger partial charge < -0.3 is 20.1 Å². The van der Waals surface area contributed by atoms with Gasteiger partial charge in [0.05, 0.1) is 10.9 Å². The number of fused-ring (bicyclic) bond motifs is 2. The van der Waals surface area contributed by atoms with Crippen LogP contribution in [0.3, 0.4) is 0 Å². The maximum absolute atomic E-state index is 13.3. The summed E-state index contributed by atoms with van der Waals surface area (Å²) in [7, 11) is 0. The van der Waals surface area contributed by atoms with Crippen molar-refractivity contribution in [3.63, 3.8) is 0 Å². The second-order valence-electron chi connectivity index (χ2n) is 8.29. The zero-order valence-corrected chi connectivity index (χ0v) is 21.2. The smallest absolute Gasteiger partial charge is 0.323 e. The van der Waals surface area contributed by atoms with E-state index >= 15 is 0 Å². The highest BCUT2D eigenvalue weighted by Gasteiger charge is 2.56. The third-order valence-corrected chi connectivity index (χ3v) is 8.60. The van der Waals surface area contributed by atoms with Crippen LogP contribution in [-0.2, 0) is 19.2 Å². The summed E-state index contributed by atoms with van der Waals surface area (Å²) in [6, 6.07) is 13.3. The van der Waals surface area contributed by atoms with E-state index in [4.69, 9.17) is 16.3 Å². The van der Waals surface area contributed by atoms with Crippen LogP contribution in [0.1, 0.15) is 16.4 Å². The normalized spacial score (nSPS) is 20.4. The van der Waals surface area contributed by atoms with Crippen molar-refractivity contribution in [3.05, 3.63) is 73.7 Å². The largest absolute Gasteiger partial charge is 0.483 e. The number of thioether (sulfide) groups is 1. The van der Waals surface area contributed by atoms with E-state index in [2.05, 4.69) is 10.3 Å². The van der Waals surface area contributed by atoms with Gasteiger partial charge in [-0.3, -0.25) is 28.9 Å². The number of benzene rings is 2. The number of carbonyl (C=O) groups excluding carboxylic acids is 3. The minimum atomic E-state index is -1.31. The number of aromatic nitrogens is 1. The minimum absolute atomic E-state index is 0.299. The van der Waals surface area contributed by atoms with Gasteiger partial charge in [0.1, 0.15) is 17.5 Å². The Morgan fingerprint density at radius 1 is 1.08 bits per heavy atom. The predicted octanol–water partition coefficient (Wildman–Crippen LogP) is 2.78. The van der Waals surface area contributed by atoms with Crippen LogP contribution in [0.5, 0.6) is 5.75 Å². The quantitative estimate of drug-likeness (QED) is 0.375. The van der Waals surface area contributed by atoms with Crippen LogP contribution in [0.4, 0.5) is 5.69 Å². The molecule has 3 amide bonds. The molecule has 0 aliphatic carbocycles. The third kappa shape index (κ3) is 4.87. The number of rotatable bonds is 7. The number of halogens is 1. The fourth-order valence-corrected chi connectivity index (χ4v) is 7.10. The SMILES string of the molecule is O=C(O)CN1C(=O)C2Sc3[nH]c(=O)sc3[C@@H](c3ccccc3OCC(=O)Nc3ccc(Cl)cc3)C2C1=O. The number of nitrogens with one attached hydrogen (secondary N) is 2. The lowest BCUT2D eigenvalue weighted by Gasteiger charge is -2.30. The number of nitrogens with zero attached hydrogens (tertiary/aromatic N) is 1. The number of aliphatic carboxylic acids is 1. The molecule has 13 heteroatoms. The van der Waals surface area contributed by atoms with Crippen LogP contribution < -0.4 is 14.9 Å². The first-order valence-electron chi connectivity index (χ1n) is 11.0. The van der Waals surface area contributed by atoms with E-state index in [9.17, 15) is 29.1 Å². The Morgan fingerprint density at radius 2 is 1.81 bits per heavy atom. The van der Waals surface area contributed by atoms with Gasteiger partial charge in [-0.15, -0.1) is 0 Å². The van der Waals surface area contributed by atoms with Gasteiger partial charge in [-0.1, -0.05) is 52.9 Å². The number of likely N-dealkylation sites (tertiary alicyclic amines) is 1. The Kier molecular flexibility index (Phi) is 6.80. The first-order valence-corrected chi connectivity index (χ1v) is 13.0. The van der Waals surface area contributed by atoms with Gasteiger partial charge in [-0.25, -0.2) is 0 Å². The van der Waals surface area contributed by atoms with Gasteiger partial charge in [0.2, 0.25) is 11.8 Å². The summed E-state index contributed by atoms with van der Waals surface area (Å²) in [5, 5.41) is 12.0. The van der Waals surface area contributed by atoms with Gasteiger partial charge in [0.15, 0.2) is 6.61 Å². The molecule has 37 heavy (non-hydrogen) atoms. The minimum Gasteiger partial charge on any atom is -0.483 e. The van der Waals surface area contributed by atoms with Gasteiger partial charge in [0, 0.05) is 27.1 Å². The molecule has 0 bridgehead atoms. The molecule has 1 saturated heterocycles. The Hall–Kier alpha value is -3.61. The molecule has 10 nitrogen and oxygen atoms in total. The second kappa shape index (κ2) is 10.0. The number of ether oxygens (including phenoxy) is 1. The lowest BCUT2D eigenvalue weighted by molar-refractivity contribution is -0.149. The molecular formula is C24H18ClN3O7S2. The second-order valence-corrected chi connectivity index (χ2v) is 10.9. The number of anilines is 1. The fourth-order valence-electron chi connectivity index (χ4n) is 4.44. The molecule has 0 radical (unpaired) electrons. The average Bonchev–Trinajstić information content (AvgIpc) is 3.35. The van der Waals surface area contributed by atoms with E-state index in [0.717, 1.165) is 28.0 Å². The first-order chi connectivity index (χ1) is 17.7. The van der Waals surface area contributed by atoms with Crippen LogP contribution >= 0.6 is 34.7 Å². The maximum atomic E-state index is 13.3. The summed E-state index contributed by atoms with van der Waals surface area (Å²) in [6.45, 7) is -1.09. The molecule has 1 fully saturated rings. The lowest BCUT2D eigenvalue weighted by atomic mass is 9.82. The summed E-state index contributed by atoms with van der Waals surface area (Å²) in [6.07, 6.45) is 0. The molecule has 190 valence electrons. The summed E-state index contributed by atoms with van der Waals surface area (Å²) in [5.41, 5.74) is 1.04. The van der Waals surface area contributed by atoms with Crippen molar-refractivity contribution in [3.8, 4) is 5.75 Å². The van der Waals surface area contributed by atoms with Gasteiger partial charge in [0.25, 0.3) is 5.91 Å². The Labute approximate surface area is 222 Å². The monoisotopic (exact) mass is 559 g/mol. The number of H-pyrrole nitrogens is 1. The molecule has 3 aromatic rings. The van der Waals surface area contributed by atoms with Crippen molar-refractivity contribution in [1.29, 1.82) is 0 Å². The van der Waals surface area contributed by atoms with E-state index in [1.54, 1.807) is 48.5 Å². The molecule has 1 aromatic heterocycles. The number of thiazole rings is 1. The number of carboxylic acids is 1. The average molecular weight is 560 g/mol. The van der Waals surface area contributed by atoms with Crippen LogP contribution in [0.15, 0.2) is 58.4 Å². The van der Waals surface area contributed by atoms with Crippen LogP contribution in [0.2, 0.25) is 5.02 Å². The number of para-hydroxylation sites is 1. The molecule has 2 unspecified atom stereocenters. The van der Waals surface area contributed by atoms with Crippen LogP contribution in [0.25, 0.3) is 0 Å². The molecule has 2 aliphatic heterocycles. The number of aromatic amines is 1. The van der Waals surface area contributed by atoms with Gasteiger partial charge >= 0.3 is 10.8 Å². The molecule has 3 atom stereocenters. The number of carboxylic acid groups (broad SMARTS) is 1. The van der Waals surface area contributed by atoms with Crippen molar-refractivity contribution in [2.24, 2.45) is 5.92 Å².